The zero-order chi connectivity index (χ0) is 24.4. The SMILES string of the molecule is Cc1cc2nccc(Oc3ccc(N(C)C(=O)Cc4ccc(F)cc4)c(F)c3)c2cc1C(N)=O. The first kappa shape index (κ1) is 22.8. The summed E-state index contributed by atoms with van der Waals surface area (Å²) in [6.45, 7) is 1.76. The van der Waals surface area contributed by atoms with Crippen molar-refractivity contribution in [1.29, 1.82) is 0 Å². The maximum atomic E-state index is 14.9. The van der Waals surface area contributed by atoms with Crippen molar-refractivity contribution in [3.8, 4) is 11.5 Å². The first-order chi connectivity index (χ1) is 16.2. The van der Waals surface area contributed by atoms with E-state index in [0.29, 0.717) is 33.3 Å². The lowest BCUT2D eigenvalue weighted by Gasteiger charge is -2.19. The van der Waals surface area contributed by atoms with E-state index in [9.17, 15) is 18.4 Å². The first-order valence-corrected chi connectivity index (χ1v) is 10.4. The normalized spacial score (nSPS) is 10.8. The molecule has 2 N–H and O–H groups in total. The number of nitrogens with zero attached hydrogens (tertiary/aromatic N) is 2. The van der Waals surface area contributed by atoms with Crippen molar-refractivity contribution in [1.82, 2.24) is 4.98 Å². The van der Waals surface area contributed by atoms with Crippen LogP contribution in [-0.2, 0) is 11.2 Å². The standard InChI is InChI=1S/C26H21F2N3O3/c1-15-11-22-20(14-19(15)26(29)33)24(9-10-30-22)34-18-7-8-23(21(28)13-18)31(2)25(32)12-16-3-5-17(27)6-4-16/h3-11,13-14H,12H2,1-2H3,(H2,29,33). The van der Waals surface area contributed by atoms with Gasteiger partial charge in [0.2, 0.25) is 11.8 Å². The zero-order valence-electron chi connectivity index (χ0n) is 18.5. The maximum Gasteiger partial charge on any atom is 0.248 e. The number of fused-ring (bicyclic) bond motifs is 1. The van der Waals surface area contributed by atoms with Crippen LogP contribution in [0.15, 0.2) is 66.9 Å². The Kier molecular flexibility index (Phi) is 6.23. The van der Waals surface area contributed by atoms with Crippen LogP contribution in [0.25, 0.3) is 10.9 Å². The molecule has 0 radical (unpaired) electrons. The minimum atomic E-state index is -0.653. The van der Waals surface area contributed by atoms with E-state index in [2.05, 4.69) is 4.98 Å². The van der Waals surface area contributed by atoms with Crippen molar-refractivity contribution >= 4 is 28.4 Å². The molecule has 0 atom stereocenters. The number of likely N-dealkylation sites (N-methyl/N-ethyl adjacent to an activating group) is 1. The Morgan fingerprint density at radius 3 is 2.44 bits per heavy atom. The monoisotopic (exact) mass is 461 g/mol. The third-order valence-corrected chi connectivity index (χ3v) is 5.46. The molecule has 3 aromatic carbocycles. The molecule has 0 fully saturated rings. The maximum absolute atomic E-state index is 14.9. The van der Waals surface area contributed by atoms with Crippen LogP contribution in [0.2, 0.25) is 0 Å². The number of aromatic nitrogens is 1. The van der Waals surface area contributed by atoms with Gasteiger partial charge in [-0.15, -0.1) is 0 Å². The van der Waals surface area contributed by atoms with Crippen LogP contribution in [0.3, 0.4) is 0 Å². The van der Waals surface area contributed by atoms with Crippen molar-refractivity contribution in [2.75, 3.05) is 11.9 Å². The molecule has 0 aliphatic heterocycles. The number of carbonyl (C=O) groups is 2. The number of halogens is 2. The second-order valence-corrected chi connectivity index (χ2v) is 7.83. The van der Waals surface area contributed by atoms with Crippen LogP contribution in [-0.4, -0.2) is 23.8 Å². The third kappa shape index (κ3) is 4.71. The molecule has 4 rings (SSSR count). The van der Waals surface area contributed by atoms with Crippen LogP contribution in [0.4, 0.5) is 14.5 Å². The predicted molar refractivity (Wildman–Crippen MR) is 125 cm³/mol. The number of amides is 2. The summed E-state index contributed by atoms with van der Waals surface area (Å²) in [6.07, 6.45) is 1.55. The fourth-order valence-electron chi connectivity index (χ4n) is 3.61. The van der Waals surface area contributed by atoms with E-state index in [1.807, 2.05) is 0 Å². The average Bonchev–Trinajstić information content (AvgIpc) is 2.80. The van der Waals surface area contributed by atoms with Gasteiger partial charge in [-0.3, -0.25) is 14.6 Å². The number of primary amides is 1. The lowest BCUT2D eigenvalue weighted by Crippen LogP contribution is -2.28. The fourth-order valence-corrected chi connectivity index (χ4v) is 3.61. The molecule has 2 amide bonds. The highest BCUT2D eigenvalue weighted by Gasteiger charge is 2.17. The molecule has 0 spiro atoms. The van der Waals surface area contributed by atoms with Crippen molar-refractivity contribution in [3.63, 3.8) is 0 Å². The highest BCUT2D eigenvalue weighted by molar-refractivity contribution is 6.00. The summed E-state index contributed by atoms with van der Waals surface area (Å²) in [4.78, 5) is 29.8. The summed E-state index contributed by atoms with van der Waals surface area (Å²) >= 11 is 0. The number of nitrogens with two attached hydrogens (primary N) is 1. The molecule has 1 aromatic heterocycles. The molecule has 172 valence electrons. The summed E-state index contributed by atoms with van der Waals surface area (Å²) < 4.78 is 33.8. The highest BCUT2D eigenvalue weighted by atomic mass is 19.1. The average molecular weight is 461 g/mol. The van der Waals surface area contributed by atoms with Crippen LogP contribution < -0.4 is 15.4 Å². The highest BCUT2D eigenvalue weighted by Crippen LogP contribution is 2.32. The van der Waals surface area contributed by atoms with Crippen molar-refractivity contribution in [3.05, 3.63) is 95.2 Å². The number of carbonyl (C=O) groups excluding carboxylic acids is 2. The van der Waals surface area contributed by atoms with Crippen LogP contribution in [0, 0.1) is 18.6 Å². The van der Waals surface area contributed by atoms with Gasteiger partial charge in [0.05, 0.1) is 17.6 Å². The number of pyridine rings is 1. The molecule has 8 heteroatoms. The summed E-state index contributed by atoms with van der Waals surface area (Å²) in [5.41, 5.74) is 7.78. The van der Waals surface area contributed by atoms with Gasteiger partial charge in [-0.2, -0.15) is 0 Å². The number of ether oxygens (including phenoxy) is 1. The van der Waals surface area contributed by atoms with Gasteiger partial charge in [-0.25, -0.2) is 8.78 Å². The molecule has 0 bridgehead atoms. The number of hydrogen-bond donors (Lipinski definition) is 1. The quantitative estimate of drug-likeness (QED) is 0.442. The lowest BCUT2D eigenvalue weighted by molar-refractivity contribution is -0.117. The van der Waals surface area contributed by atoms with Crippen molar-refractivity contribution < 1.29 is 23.1 Å². The fraction of sp³-hybridized carbons (Fsp3) is 0.115. The summed E-state index contributed by atoms with van der Waals surface area (Å²) in [5.74, 6) is -1.39. The molecule has 1 heterocycles. The van der Waals surface area contributed by atoms with Gasteiger partial charge < -0.3 is 15.4 Å². The van der Waals surface area contributed by atoms with Crippen LogP contribution in [0.5, 0.6) is 11.5 Å². The summed E-state index contributed by atoms with van der Waals surface area (Å²) in [7, 11) is 1.47. The van der Waals surface area contributed by atoms with E-state index >= 15 is 0 Å². The number of aryl methyl sites for hydroxylation is 1. The molecule has 6 nitrogen and oxygen atoms in total. The first-order valence-electron chi connectivity index (χ1n) is 10.4. The zero-order valence-corrected chi connectivity index (χ0v) is 18.5. The van der Waals surface area contributed by atoms with E-state index in [-0.39, 0.29) is 23.8 Å². The third-order valence-electron chi connectivity index (χ3n) is 5.46. The smallest absolute Gasteiger partial charge is 0.248 e. The van der Waals surface area contributed by atoms with E-state index in [0.717, 1.165) is 0 Å². The van der Waals surface area contributed by atoms with E-state index in [1.165, 1.54) is 54.4 Å². The number of hydrogen-bond acceptors (Lipinski definition) is 4. The second-order valence-electron chi connectivity index (χ2n) is 7.83. The van der Waals surface area contributed by atoms with Gasteiger partial charge >= 0.3 is 0 Å². The van der Waals surface area contributed by atoms with E-state index in [4.69, 9.17) is 10.5 Å². The Morgan fingerprint density at radius 2 is 1.76 bits per heavy atom. The molecule has 34 heavy (non-hydrogen) atoms. The van der Waals surface area contributed by atoms with E-state index < -0.39 is 17.5 Å². The summed E-state index contributed by atoms with van der Waals surface area (Å²) in [6, 6.07) is 14.6. The Hall–Kier alpha value is -4.33. The lowest BCUT2D eigenvalue weighted by atomic mass is 10.0. The molecule has 0 aliphatic rings. The van der Waals surface area contributed by atoms with Crippen molar-refractivity contribution in [2.24, 2.45) is 5.73 Å². The summed E-state index contributed by atoms with van der Waals surface area (Å²) in [5, 5.41) is 0.554. The minimum Gasteiger partial charge on any atom is -0.456 e. The molecule has 4 aromatic rings. The number of anilines is 1. The molecule has 0 unspecified atom stereocenters. The Morgan fingerprint density at radius 1 is 1.03 bits per heavy atom. The van der Waals surface area contributed by atoms with Gasteiger partial charge in [0.1, 0.15) is 17.3 Å². The topological polar surface area (TPSA) is 85.5 Å². The molecular weight excluding hydrogens is 440 g/mol. The van der Waals surface area contributed by atoms with Gasteiger partial charge in [0, 0.05) is 30.3 Å². The van der Waals surface area contributed by atoms with Gasteiger partial charge in [-0.1, -0.05) is 12.1 Å². The Bertz CT molecular complexity index is 1400. The largest absolute Gasteiger partial charge is 0.456 e. The van der Waals surface area contributed by atoms with E-state index in [1.54, 1.807) is 31.3 Å². The molecule has 0 saturated heterocycles. The number of benzene rings is 3. The second kappa shape index (κ2) is 9.27. The molecule has 0 aliphatic carbocycles. The van der Waals surface area contributed by atoms with Gasteiger partial charge in [0.15, 0.2) is 5.82 Å². The Labute approximate surface area is 194 Å². The predicted octanol–water partition coefficient (Wildman–Crippen LogP) is 4.92. The van der Waals surface area contributed by atoms with Crippen molar-refractivity contribution in [2.45, 2.75) is 13.3 Å². The number of rotatable bonds is 6. The Balaban J connectivity index is 1.57. The van der Waals surface area contributed by atoms with Gasteiger partial charge in [-0.05, 0) is 60.5 Å². The van der Waals surface area contributed by atoms with Crippen LogP contribution in [0.1, 0.15) is 21.5 Å². The minimum absolute atomic E-state index is 0.000904. The molecule has 0 saturated carbocycles. The molecular formula is C26H21F2N3O3. The van der Waals surface area contributed by atoms with Gasteiger partial charge in [0.25, 0.3) is 0 Å². The van der Waals surface area contributed by atoms with Crippen LogP contribution >= 0.6 is 0 Å².